The van der Waals surface area contributed by atoms with Gasteiger partial charge in [0.15, 0.2) is 0 Å². The second-order valence-electron chi connectivity index (χ2n) is 6.12. The monoisotopic (exact) mass is 305 g/mol. The lowest BCUT2D eigenvalue weighted by Crippen LogP contribution is -2.49. The number of carbonyl (C=O) groups is 1. The molecule has 0 bridgehead atoms. The van der Waals surface area contributed by atoms with Crippen LogP contribution in [-0.2, 0) is 4.79 Å². The van der Waals surface area contributed by atoms with Crippen LogP contribution < -0.4 is 0 Å². The van der Waals surface area contributed by atoms with Gasteiger partial charge in [-0.05, 0) is 40.4 Å². The fourth-order valence-corrected chi connectivity index (χ4v) is 2.84. The molecule has 1 rings (SSSR count). The molecule has 0 N–H and O–H groups in total. The van der Waals surface area contributed by atoms with E-state index >= 15 is 0 Å². The largest absolute Gasteiger partial charge is 0.340 e. The van der Waals surface area contributed by atoms with Crippen LogP contribution in [0.25, 0.3) is 0 Å². The minimum absolute atomic E-state index is 0.0135. The zero-order valence-corrected chi connectivity index (χ0v) is 14.0. The number of amides is 1. The molecule has 1 aliphatic rings. The molecule has 2 atom stereocenters. The Balaban J connectivity index is 2.52. The molecule has 0 spiro atoms. The molecule has 22 heavy (non-hydrogen) atoms. The number of piperidine rings is 1. The smallest absolute Gasteiger partial charge is 0.236 e. The van der Waals surface area contributed by atoms with E-state index in [0.29, 0.717) is 44.6 Å². The highest BCUT2D eigenvalue weighted by Crippen LogP contribution is 2.19. The second kappa shape index (κ2) is 9.40. The van der Waals surface area contributed by atoms with Crippen LogP contribution in [0, 0.1) is 22.7 Å². The number of rotatable bonds is 7. The summed E-state index contributed by atoms with van der Waals surface area (Å²) in [6, 6.07) is 5.07. The van der Waals surface area contributed by atoms with Gasteiger partial charge in [0.2, 0.25) is 5.91 Å². The van der Waals surface area contributed by atoms with Crippen molar-refractivity contribution in [1.82, 2.24) is 14.7 Å². The summed E-state index contributed by atoms with van der Waals surface area (Å²) in [4.78, 5) is 18.5. The molecule has 6 nitrogen and oxygen atoms in total. The van der Waals surface area contributed by atoms with Crippen molar-refractivity contribution in [3.8, 4) is 12.1 Å². The molecular weight excluding hydrogens is 278 g/mol. The van der Waals surface area contributed by atoms with Crippen molar-refractivity contribution < 1.29 is 4.79 Å². The van der Waals surface area contributed by atoms with Gasteiger partial charge in [-0.15, -0.1) is 0 Å². The van der Waals surface area contributed by atoms with Crippen LogP contribution in [0.2, 0.25) is 0 Å². The van der Waals surface area contributed by atoms with Gasteiger partial charge < -0.3 is 9.80 Å². The molecular formula is C16H27N5O. The minimum atomic E-state index is 0.0135. The number of nitriles is 2. The third kappa shape index (κ3) is 5.63. The Labute approximate surface area is 133 Å². The number of hydrogen-bond acceptors (Lipinski definition) is 5. The predicted molar refractivity (Wildman–Crippen MR) is 84.8 cm³/mol. The van der Waals surface area contributed by atoms with Gasteiger partial charge in [-0.2, -0.15) is 10.5 Å². The van der Waals surface area contributed by atoms with E-state index in [1.807, 2.05) is 7.05 Å². The van der Waals surface area contributed by atoms with E-state index in [0.717, 1.165) is 19.4 Å². The summed E-state index contributed by atoms with van der Waals surface area (Å²) in [5, 5.41) is 17.4. The van der Waals surface area contributed by atoms with Crippen molar-refractivity contribution >= 4 is 5.91 Å². The van der Waals surface area contributed by atoms with Crippen molar-refractivity contribution in [3.63, 3.8) is 0 Å². The maximum atomic E-state index is 12.4. The molecule has 0 unspecified atom stereocenters. The van der Waals surface area contributed by atoms with Gasteiger partial charge in [-0.3, -0.25) is 9.69 Å². The molecule has 1 saturated heterocycles. The normalized spacial score (nSPS) is 22.1. The van der Waals surface area contributed by atoms with Crippen molar-refractivity contribution in [2.45, 2.75) is 44.7 Å². The third-order valence-corrected chi connectivity index (χ3v) is 4.53. The molecule has 0 saturated carbocycles. The van der Waals surface area contributed by atoms with Crippen LogP contribution in [0.4, 0.5) is 0 Å². The number of hydrogen-bond donors (Lipinski definition) is 0. The van der Waals surface area contributed by atoms with Gasteiger partial charge in [0, 0.05) is 25.2 Å². The zero-order valence-electron chi connectivity index (χ0n) is 14.0. The first-order valence-electron chi connectivity index (χ1n) is 7.91. The molecule has 1 amide bonds. The fraction of sp³-hybridized carbons (Fsp3) is 0.812. The molecule has 1 heterocycles. The Morgan fingerprint density at radius 2 is 1.86 bits per heavy atom. The van der Waals surface area contributed by atoms with Gasteiger partial charge in [-0.25, -0.2) is 0 Å². The predicted octanol–water partition coefficient (Wildman–Crippen LogP) is 1.06. The first kappa shape index (κ1) is 18.4. The van der Waals surface area contributed by atoms with Crippen LogP contribution in [0.3, 0.4) is 0 Å². The topological polar surface area (TPSA) is 74.4 Å². The van der Waals surface area contributed by atoms with Crippen LogP contribution in [0.15, 0.2) is 0 Å². The number of likely N-dealkylation sites (N-methyl/N-ethyl adjacent to an activating group) is 1. The summed E-state index contributed by atoms with van der Waals surface area (Å²) in [5.74, 6) is 0.0135. The molecule has 1 aliphatic heterocycles. The lowest BCUT2D eigenvalue weighted by Gasteiger charge is -2.39. The molecule has 0 aromatic carbocycles. The summed E-state index contributed by atoms with van der Waals surface area (Å²) < 4.78 is 0. The maximum Gasteiger partial charge on any atom is 0.236 e. The van der Waals surface area contributed by atoms with E-state index in [-0.39, 0.29) is 5.91 Å². The summed E-state index contributed by atoms with van der Waals surface area (Å²) in [7, 11) is 4.13. The van der Waals surface area contributed by atoms with Gasteiger partial charge in [0.1, 0.15) is 0 Å². The van der Waals surface area contributed by atoms with Crippen molar-refractivity contribution in [2.75, 3.05) is 40.3 Å². The summed E-state index contributed by atoms with van der Waals surface area (Å²) in [6.07, 6.45) is 2.76. The van der Waals surface area contributed by atoms with Gasteiger partial charge in [0.25, 0.3) is 0 Å². The first-order chi connectivity index (χ1) is 10.5. The first-order valence-corrected chi connectivity index (χ1v) is 7.91. The Hall–Kier alpha value is -1.63. The molecule has 0 radical (unpaired) electrons. The van der Waals surface area contributed by atoms with E-state index < -0.39 is 0 Å². The van der Waals surface area contributed by atoms with Crippen molar-refractivity contribution in [3.05, 3.63) is 0 Å². The zero-order chi connectivity index (χ0) is 16.5. The molecule has 0 aliphatic carbocycles. The van der Waals surface area contributed by atoms with Gasteiger partial charge in [-0.1, -0.05) is 0 Å². The highest BCUT2D eigenvalue weighted by Gasteiger charge is 2.27. The Bertz CT molecular complexity index is 421. The number of carbonyl (C=O) groups excluding carboxylic acids is 1. The van der Waals surface area contributed by atoms with E-state index in [9.17, 15) is 4.79 Å². The Kier molecular flexibility index (Phi) is 7.87. The van der Waals surface area contributed by atoms with E-state index in [4.69, 9.17) is 10.5 Å². The number of likely N-dealkylation sites (tertiary alicyclic amines) is 1. The maximum absolute atomic E-state index is 12.4. The summed E-state index contributed by atoms with van der Waals surface area (Å²) >= 11 is 0. The number of nitrogens with zero attached hydrogens (tertiary/aromatic N) is 5. The molecule has 122 valence electrons. The highest BCUT2D eigenvalue weighted by molar-refractivity contribution is 5.78. The van der Waals surface area contributed by atoms with Crippen molar-refractivity contribution in [1.29, 1.82) is 10.5 Å². The average molecular weight is 305 g/mol. The summed E-state index contributed by atoms with van der Waals surface area (Å²) in [6.45, 7) is 4.45. The van der Waals surface area contributed by atoms with Gasteiger partial charge in [0.05, 0.1) is 31.5 Å². The minimum Gasteiger partial charge on any atom is -0.340 e. The van der Waals surface area contributed by atoms with Crippen LogP contribution in [0.1, 0.15) is 32.6 Å². The summed E-state index contributed by atoms with van der Waals surface area (Å²) in [5.41, 5.74) is 0. The van der Waals surface area contributed by atoms with Gasteiger partial charge >= 0.3 is 0 Å². The molecule has 0 aromatic heterocycles. The quantitative estimate of drug-likeness (QED) is 0.703. The van der Waals surface area contributed by atoms with Crippen LogP contribution >= 0.6 is 0 Å². The molecule has 6 heteroatoms. The second-order valence-corrected chi connectivity index (χ2v) is 6.12. The highest BCUT2D eigenvalue weighted by atomic mass is 16.2. The lowest BCUT2D eigenvalue weighted by molar-refractivity contribution is -0.132. The Morgan fingerprint density at radius 1 is 1.27 bits per heavy atom. The van der Waals surface area contributed by atoms with E-state index in [1.165, 1.54) is 0 Å². The average Bonchev–Trinajstić information content (AvgIpc) is 2.49. The lowest BCUT2D eigenvalue weighted by atomic mass is 9.98. The fourth-order valence-electron chi connectivity index (χ4n) is 2.84. The van der Waals surface area contributed by atoms with E-state index in [2.05, 4.69) is 35.9 Å². The Morgan fingerprint density at radius 3 is 2.36 bits per heavy atom. The SMILES string of the molecule is C[C@H]1C[C@@H](N(C)CC(=O)N(CCC#N)CCC#N)CCN1C. The standard InChI is InChI=1S/C16H27N5O/c1-14-12-15(6-11-19(14)2)20(3)13-16(22)21(9-4-7-17)10-5-8-18/h14-15H,4-6,9-13H2,1-3H3/t14-,15-/m0/s1. The van der Waals surface area contributed by atoms with E-state index in [1.54, 1.807) is 4.90 Å². The van der Waals surface area contributed by atoms with Crippen molar-refractivity contribution in [2.24, 2.45) is 0 Å². The third-order valence-electron chi connectivity index (χ3n) is 4.53. The molecule has 1 fully saturated rings. The van der Waals surface area contributed by atoms with Crippen LogP contribution in [-0.4, -0.2) is 73.0 Å². The van der Waals surface area contributed by atoms with Crippen LogP contribution in [0.5, 0.6) is 0 Å². The molecule has 0 aromatic rings.